The quantitative estimate of drug-likeness (QED) is 0.609. The van der Waals surface area contributed by atoms with Gasteiger partial charge in [0.25, 0.3) is 0 Å². The summed E-state index contributed by atoms with van der Waals surface area (Å²) in [6, 6.07) is 3.84. The highest BCUT2D eigenvalue weighted by Gasteiger charge is 2.37. The zero-order valence-electron chi connectivity index (χ0n) is 8.62. The molecule has 0 saturated heterocycles. The van der Waals surface area contributed by atoms with Crippen molar-refractivity contribution < 1.29 is 18.7 Å². The smallest absolute Gasteiger partial charge is 0.323 e. The monoisotopic (exact) mass is 223 g/mol. The van der Waals surface area contributed by atoms with Gasteiger partial charge in [0, 0.05) is 11.3 Å². The van der Waals surface area contributed by atoms with Crippen LogP contribution in [0.5, 0.6) is 0 Å². The minimum absolute atomic E-state index is 0.188. The third kappa shape index (κ3) is 1.64. The fourth-order valence-electron chi connectivity index (χ4n) is 1.69. The Balaban J connectivity index is 2.38. The first kappa shape index (κ1) is 10.6. The van der Waals surface area contributed by atoms with E-state index in [2.05, 4.69) is 5.32 Å². The maximum Gasteiger partial charge on any atom is 0.323 e. The van der Waals surface area contributed by atoms with Crippen LogP contribution in [0.25, 0.3) is 0 Å². The van der Waals surface area contributed by atoms with E-state index >= 15 is 0 Å². The topological polar surface area (TPSA) is 55.4 Å². The summed E-state index contributed by atoms with van der Waals surface area (Å²) < 4.78 is 17.8. The van der Waals surface area contributed by atoms with Crippen LogP contribution in [0.3, 0.4) is 0 Å². The van der Waals surface area contributed by atoms with Crippen LogP contribution in [0.2, 0.25) is 0 Å². The molecule has 1 aromatic rings. The predicted molar refractivity (Wildman–Crippen MR) is 54.4 cm³/mol. The fraction of sp³-hybridized carbons (Fsp3) is 0.273. The number of esters is 1. The average Bonchev–Trinajstić information content (AvgIpc) is 2.53. The van der Waals surface area contributed by atoms with Gasteiger partial charge in [0.15, 0.2) is 5.92 Å². The van der Waals surface area contributed by atoms with E-state index in [0.29, 0.717) is 11.3 Å². The van der Waals surface area contributed by atoms with E-state index in [1.54, 1.807) is 6.92 Å². The van der Waals surface area contributed by atoms with Crippen molar-refractivity contribution in [2.24, 2.45) is 0 Å². The third-order valence-corrected chi connectivity index (χ3v) is 2.37. The third-order valence-electron chi connectivity index (χ3n) is 2.37. The molecule has 4 nitrogen and oxygen atoms in total. The second kappa shape index (κ2) is 3.92. The number of nitrogens with one attached hydrogen (secondary N) is 1. The van der Waals surface area contributed by atoms with E-state index in [9.17, 15) is 14.0 Å². The van der Waals surface area contributed by atoms with Gasteiger partial charge in [0.1, 0.15) is 5.82 Å². The molecule has 0 fully saturated rings. The lowest BCUT2D eigenvalue weighted by Crippen LogP contribution is -2.22. The Morgan fingerprint density at radius 2 is 2.31 bits per heavy atom. The molecule has 0 aromatic heterocycles. The number of carbonyl (C=O) groups is 2. The van der Waals surface area contributed by atoms with Crippen molar-refractivity contribution >= 4 is 17.6 Å². The second-order valence-corrected chi connectivity index (χ2v) is 3.41. The van der Waals surface area contributed by atoms with Gasteiger partial charge < -0.3 is 10.1 Å². The number of benzene rings is 1. The summed E-state index contributed by atoms with van der Waals surface area (Å²) in [6.45, 7) is 1.84. The standard InChI is InChI=1S/C11H10FNO3/c1-2-16-11(15)9-7-5-6(12)3-4-8(7)13-10(9)14/h3-5,9H,2H2,1H3,(H,13,14). The molecular weight excluding hydrogens is 213 g/mol. The van der Waals surface area contributed by atoms with Gasteiger partial charge in [-0.05, 0) is 25.1 Å². The molecule has 1 amide bonds. The molecule has 1 unspecified atom stereocenters. The Morgan fingerprint density at radius 3 is 3.00 bits per heavy atom. The molecule has 5 heteroatoms. The molecule has 2 rings (SSSR count). The highest BCUT2D eigenvalue weighted by molar-refractivity contribution is 6.14. The van der Waals surface area contributed by atoms with Crippen molar-refractivity contribution in [3.8, 4) is 0 Å². The molecule has 1 N–H and O–H groups in total. The van der Waals surface area contributed by atoms with Gasteiger partial charge >= 0.3 is 5.97 Å². The van der Waals surface area contributed by atoms with Crippen LogP contribution >= 0.6 is 0 Å². The molecule has 0 aliphatic carbocycles. The predicted octanol–water partition coefficient (Wildman–Crippen LogP) is 1.42. The molecule has 16 heavy (non-hydrogen) atoms. The van der Waals surface area contributed by atoms with Gasteiger partial charge in [-0.2, -0.15) is 0 Å². The van der Waals surface area contributed by atoms with E-state index in [0.717, 1.165) is 0 Å². The lowest BCUT2D eigenvalue weighted by atomic mass is 10.0. The molecule has 84 valence electrons. The first-order valence-corrected chi connectivity index (χ1v) is 4.90. The Bertz CT molecular complexity index is 459. The number of carbonyl (C=O) groups excluding carboxylic acids is 2. The van der Waals surface area contributed by atoms with Crippen molar-refractivity contribution in [1.82, 2.24) is 0 Å². The summed E-state index contributed by atoms with van der Waals surface area (Å²) in [5.74, 6) is -2.65. The van der Waals surface area contributed by atoms with Crippen LogP contribution in [0.1, 0.15) is 18.4 Å². The number of rotatable bonds is 2. The Labute approximate surface area is 91.4 Å². The van der Waals surface area contributed by atoms with Crippen LogP contribution in [-0.4, -0.2) is 18.5 Å². The average molecular weight is 223 g/mol. The molecule has 0 radical (unpaired) electrons. The molecule has 0 spiro atoms. The normalized spacial score (nSPS) is 17.9. The number of hydrogen-bond acceptors (Lipinski definition) is 3. The highest BCUT2D eigenvalue weighted by Crippen LogP contribution is 2.33. The van der Waals surface area contributed by atoms with Crippen molar-refractivity contribution in [2.45, 2.75) is 12.8 Å². The van der Waals surface area contributed by atoms with Crippen molar-refractivity contribution in [1.29, 1.82) is 0 Å². The summed E-state index contributed by atoms with van der Waals surface area (Å²) in [4.78, 5) is 23.0. The maximum absolute atomic E-state index is 13.0. The maximum atomic E-state index is 13.0. The minimum Gasteiger partial charge on any atom is -0.465 e. The van der Waals surface area contributed by atoms with Gasteiger partial charge in [-0.15, -0.1) is 0 Å². The van der Waals surface area contributed by atoms with Gasteiger partial charge in [-0.25, -0.2) is 4.39 Å². The fourth-order valence-corrected chi connectivity index (χ4v) is 1.69. The largest absolute Gasteiger partial charge is 0.465 e. The van der Waals surface area contributed by atoms with Crippen LogP contribution in [0, 0.1) is 5.82 Å². The SMILES string of the molecule is CCOC(=O)C1C(=O)Nc2ccc(F)cc21. The van der Waals surface area contributed by atoms with Gasteiger partial charge in [-0.1, -0.05) is 0 Å². The number of anilines is 1. The minimum atomic E-state index is -1.05. The van der Waals surface area contributed by atoms with E-state index in [-0.39, 0.29) is 6.61 Å². The van der Waals surface area contributed by atoms with Gasteiger partial charge in [0.05, 0.1) is 6.61 Å². The Kier molecular flexibility index (Phi) is 2.60. The van der Waals surface area contributed by atoms with E-state index in [1.165, 1.54) is 18.2 Å². The molecule has 1 aliphatic rings. The molecule has 1 aromatic carbocycles. The van der Waals surface area contributed by atoms with Crippen LogP contribution < -0.4 is 5.32 Å². The summed E-state index contributed by atoms with van der Waals surface area (Å²) in [5, 5.41) is 2.51. The molecule has 1 aliphatic heterocycles. The van der Waals surface area contributed by atoms with E-state index in [4.69, 9.17) is 4.74 Å². The zero-order valence-corrected chi connectivity index (χ0v) is 8.62. The van der Waals surface area contributed by atoms with E-state index < -0.39 is 23.6 Å². The molecule has 1 heterocycles. The molecule has 0 bridgehead atoms. The number of hydrogen-bond donors (Lipinski definition) is 1. The van der Waals surface area contributed by atoms with Gasteiger partial charge in [-0.3, -0.25) is 9.59 Å². The molecule has 1 atom stereocenters. The first-order valence-electron chi connectivity index (χ1n) is 4.90. The zero-order chi connectivity index (χ0) is 11.7. The number of ether oxygens (including phenoxy) is 1. The lowest BCUT2D eigenvalue weighted by molar-refractivity contribution is -0.147. The van der Waals surface area contributed by atoms with Gasteiger partial charge in [0.2, 0.25) is 5.91 Å². The lowest BCUT2D eigenvalue weighted by Gasteiger charge is -2.07. The number of amides is 1. The first-order chi connectivity index (χ1) is 7.63. The molecular formula is C11H10FNO3. The summed E-state index contributed by atoms with van der Waals surface area (Å²) in [7, 11) is 0. The summed E-state index contributed by atoms with van der Waals surface area (Å²) >= 11 is 0. The summed E-state index contributed by atoms with van der Waals surface area (Å²) in [5.41, 5.74) is 0.799. The van der Waals surface area contributed by atoms with Crippen LogP contribution in [-0.2, 0) is 14.3 Å². The highest BCUT2D eigenvalue weighted by atomic mass is 19.1. The number of halogens is 1. The van der Waals surface area contributed by atoms with Crippen molar-refractivity contribution in [2.75, 3.05) is 11.9 Å². The molecule has 0 saturated carbocycles. The number of fused-ring (bicyclic) bond motifs is 1. The Morgan fingerprint density at radius 1 is 1.56 bits per heavy atom. The Hall–Kier alpha value is -1.91. The summed E-state index contributed by atoms with van der Waals surface area (Å²) in [6.07, 6.45) is 0. The second-order valence-electron chi connectivity index (χ2n) is 3.41. The van der Waals surface area contributed by atoms with E-state index in [1.807, 2.05) is 0 Å². The van der Waals surface area contributed by atoms with Crippen LogP contribution in [0.4, 0.5) is 10.1 Å². The van der Waals surface area contributed by atoms with Crippen LogP contribution in [0.15, 0.2) is 18.2 Å². The van der Waals surface area contributed by atoms with Crippen molar-refractivity contribution in [3.05, 3.63) is 29.6 Å². The van der Waals surface area contributed by atoms with Crippen molar-refractivity contribution in [3.63, 3.8) is 0 Å².